The highest BCUT2D eigenvalue weighted by molar-refractivity contribution is 6.29. The van der Waals surface area contributed by atoms with E-state index in [2.05, 4.69) is 21.4 Å². The van der Waals surface area contributed by atoms with Crippen LogP contribution < -0.4 is 20.5 Å². The average molecular weight is 333 g/mol. The molecule has 0 saturated heterocycles. The minimum atomic E-state index is 0.135. The molecule has 1 atom stereocenters. The summed E-state index contributed by atoms with van der Waals surface area (Å²) in [6.45, 7) is 1.17. The standard InChI is InChI=1S/C16H17ClN4O2/c17-13-8-14(21-16(18)19-13)20-15(9-1-2-9)10-3-4-11-12(7-10)23-6-5-22-11/h3-4,7-9,15H,1-2,5-6H2,(H3,18,19,20,21). The molecule has 3 N–H and O–H groups in total. The first-order chi connectivity index (χ1) is 11.2. The minimum absolute atomic E-state index is 0.135. The largest absolute Gasteiger partial charge is 0.486 e. The Morgan fingerprint density at radius 1 is 1.13 bits per heavy atom. The maximum absolute atomic E-state index is 5.96. The van der Waals surface area contributed by atoms with Crippen molar-refractivity contribution in [2.45, 2.75) is 18.9 Å². The second-order valence-corrected chi connectivity index (χ2v) is 6.18. The molecule has 1 saturated carbocycles. The van der Waals surface area contributed by atoms with Gasteiger partial charge in [0.05, 0.1) is 6.04 Å². The molecule has 23 heavy (non-hydrogen) atoms. The average Bonchev–Trinajstić information content (AvgIpc) is 3.36. The van der Waals surface area contributed by atoms with Crippen LogP contribution in [0, 0.1) is 5.92 Å². The van der Waals surface area contributed by atoms with Crippen molar-refractivity contribution in [1.29, 1.82) is 0 Å². The summed E-state index contributed by atoms with van der Waals surface area (Å²) in [5.41, 5.74) is 6.82. The number of fused-ring (bicyclic) bond motifs is 1. The molecule has 1 aliphatic heterocycles. The van der Waals surface area contributed by atoms with Crippen LogP contribution in [-0.4, -0.2) is 23.2 Å². The first kappa shape index (κ1) is 14.4. The molecule has 1 fully saturated rings. The Labute approximate surface area is 139 Å². The zero-order chi connectivity index (χ0) is 15.8. The fourth-order valence-electron chi connectivity index (χ4n) is 2.82. The van der Waals surface area contributed by atoms with Crippen LogP contribution in [0.2, 0.25) is 5.15 Å². The van der Waals surface area contributed by atoms with E-state index in [0.29, 0.717) is 30.1 Å². The lowest BCUT2D eigenvalue weighted by molar-refractivity contribution is 0.171. The van der Waals surface area contributed by atoms with E-state index in [-0.39, 0.29) is 12.0 Å². The number of anilines is 2. The number of ether oxygens (including phenoxy) is 2. The van der Waals surface area contributed by atoms with Gasteiger partial charge in [0.2, 0.25) is 5.95 Å². The van der Waals surface area contributed by atoms with Crippen molar-refractivity contribution < 1.29 is 9.47 Å². The molecule has 0 bridgehead atoms. The minimum Gasteiger partial charge on any atom is -0.486 e. The van der Waals surface area contributed by atoms with Gasteiger partial charge in [-0.2, -0.15) is 4.98 Å². The zero-order valence-corrected chi connectivity index (χ0v) is 13.2. The number of hydrogen-bond donors (Lipinski definition) is 2. The molecule has 1 aromatic carbocycles. The van der Waals surface area contributed by atoms with Crippen LogP contribution in [0.15, 0.2) is 24.3 Å². The molecule has 0 radical (unpaired) electrons. The topological polar surface area (TPSA) is 82.3 Å². The van der Waals surface area contributed by atoms with E-state index in [1.54, 1.807) is 6.07 Å². The second-order valence-electron chi connectivity index (χ2n) is 5.80. The molecular weight excluding hydrogens is 316 g/mol. The Kier molecular flexibility index (Phi) is 3.61. The molecular formula is C16H17ClN4O2. The molecule has 0 spiro atoms. The first-order valence-electron chi connectivity index (χ1n) is 7.65. The lowest BCUT2D eigenvalue weighted by Crippen LogP contribution is -2.18. The number of aromatic nitrogens is 2. The third-order valence-electron chi connectivity index (χ3n) is 4.03. The Hall–Kier alpha value is -2.21. The van der Waals surface area contributed by atoms with Gasteiger partial charge in [-0.25, -0.2) is 4.98 Å². The Bertz CT molecular complexity index is 716. The van der Waals surface area contributed by atoms with Crippen LogP contribution in [-0.2, 0) is 0 Å². The van der Waals surface area contributed by atoms with Crippen LogP contribution in [0.25, 0.3) is 0 Å². The highest BCUT2D eigenvalue weighted by Gasteiger charge is 2.33. The summed E-state index contributed by atoms with van der Waals surface area (Å²) in [5.74, 6) is 2.95. The molecule has 2 heterocycles. The molecule has 6 nitrogen and oxygen atoms in total. The summed E-state index contributed by atoms with van der Waals surface area (Å²) in [6, 6.07) is 7.89. The van der Waals surface area contributed by atoms with Crippen LogP contribution in [0.4, 0.5) is 11.8 Å². The molecule has 2 aliphatic rings. The monoisotopic (exact) mass is 332 g/mol. The quantitative estimate of drug-likeness (QED) is 0.837. The molecule has 1 unspecified atom stereocenters. The summed E-state index contributed by atoms with van der Waals surface area (Å²) in [6.07, 6.45) is 2.36. The van der Waals surface area contributed by atoms with E-state index in [1.807, 2.05) is 12.1 Å². The van der Waals surface area contributed by atoms with Gasteiger partial charge in [-0.3, -0.25) is 0 Å². The van der Waals surface area contributed by atoms with E-state index in [0.717, 1.165) is 17.1 Å². The van der Waals surface area contributed by atoms with E-state index < -0.39 is 0 Å². The van der Waals surface area contributed by atoms with Gasteiger partial charge >= 0.3 is 0 Å². The van der Waals surface area contributed by atoms with Gasteiger partial charge in [0.15, 0.2) is 11.5 Å². The fraction of sp³-hybridized carbons (Fsp3) is 0.375. The van der Waals surface area contributed by atoms with Crippen molar-refractivity contribution in [3.63, 3.8) is 0 Å². The zero-order valence-electron chi connectivity index (χ0n) is 12.5. The number of hydrogen-bond acceptors (Lipinski definition) is 6. The van der Waals surface area contributed by atoms with Gasteiger partial charge < -0.3 is 20.5 Å². The molecule has 7 heteroatoms. The number of nitrogens with two attached hydrogens (primary N) is 1. The van der Waals surface area contributed by atoms with Crippen molar-refractivity contribution in [2.24, 2.45) is 5.92 Å². The lowest BCUT2D eigenvalue weighted by Gasteiger charge is -2.23. The van der Waals surface area contributed by atoms with E-state index in [9.17, 15) is 0 Å². The number of nitrogens with zero attached hydrogens (tertiary/aromatic N) is 2. The fourth-order valence-corrected chi connectivity index (χ4v) is 3.01. The van der Waals surface area contributed by atoms with Crippen molar-refractivity contribution in [2.75, 3.05) is 24.3 Å². The predicted molar refractivity (Wildman–Crippen MR) is 88.0 cm³/mol. The van der Waals surface area contributed by atoms with Crippen LogP contribution in [0.3, 0.4) is 0 Å². The summed E-state index contributed by atoms with van der Waals surface area (Å²) >= 11 is 5.96. The van der Waals surface area contributed by atoms with Crippen LogP contribution >= 0.6 is 11.6 Å². The molecule has 1 aromatic heterocycles. The normalized spacial score (nSPS) is 17.6. The van der Waals surface area contributed by atoms with Crippen molar-refractivity contribution >= 4 is 23.4 Å². The summed E-state index contributed by atoms with van der Waals surface area (Å²) < 4.78 is 11.3. The number of halogens is 1. The molecule has 2 aromatic rings. The van der Waals surface area contributed by atoms with Crippen LogP contribution in [0.5, 0.6) is 11.5 Å². The SMILES string of the molecule is Nc1nc(Cl)cc(NC(c2ccc3c(c2)OCCO3)C2CC2)n1. The number of nitrogens with one attached hydrogen (secondary N) is 1. The molecule has 1 aliphatic carbocycles. The van der Waals surface area contributed by atoms with Crippen molar-refractivity contribution in [1.82, 2.24) is 9.97 Å². The van der Waals surface area contributed by atoms with Crippen molar-refractivity contribution in [3.05, 3.63) is 35.0 Å². The van der Waals surface area contributed by atoms with Crippen molar-refractivity contribution in [3.8, 4) is 11.5 Å². The Morgan fingerprint density at radius 2 is 1.91 bits per heavy atom. The van der Waals surface area contributed by atoms with E-state index in [4.69, 9.17) is 26.8 Å². The molecule has 0 amide bonds. The number of rotatable bonds is 4. The van der Waals surface area contributed by atoms with Gasteiger partial charge in [-0.1, -0.05) is 17.7 Å². The van der Waals surface area contributed by atoms with Crippen LogP contribution in [0.1, 0.15) is 24.4 Å². The lowest BCUT2D eigenvalue weighted by atomic mass is 10.0. The third-order valence-corrected chi connectivity index (χ3v) is 4.23. The third kappa shape index (κ3) is 3.12. The number of benzene rings is 1. The second kappa shape index (κ2) is 5.77. The Morgan fingerprint density at radius 3 is 2.65 bits per heavy atom. The summed E-state index contributed by atoms with van der Waals surface area (Å²) in [5, 5.41) is 3.76. The predicted octanol–water partition coefficient (Wildman–Crippen LogP) is 3.05. The number of nitrogen functional groups attached to an aromatic ring is 1. The van der Waals surface area contributed by atoms with Gasteiger partial charge in [0, 0.05) is 6.07 Å². The maximum atomic E-state index is 5.96. The first-order valence-corrected chi connectivity index (χ1v) is 8.03. The summed E-state index contributed by atoms with van der Waals surface area (Å²) in [4.78, 5) is 8.10. The highest BCUT2D eigenvalue weighted by atomic mass is 35.5. The Balaban J connectivity index is 1.63. The van der Waals surface area contributed by atoms with Gasteiger partial charge in [-0.15, -0.1) is 0 Å². The van der Waals surface area contributed by atoms with E-state index in [1.165, 1.54) is 12.8 Å². The highest BCUT2D eigenvalue weighted by Crippen LogP contribution is 2.44. The van der Waals surface area contributed by atoms with Gasteiger partial charge in [0.1, 0.15) is 24.2 Å². The molecule has 4 rings (SSSR count). The summed E-state index contributed by atoms with van der Waals surface area (Å²) in [7, 11) is 0. The van der Waals surface area contributed by atoms with E-state index >= 15 is 0 Å². The van der Waals surface area contributed by atoms with Gasteiger partial charge in [-0.05, 0) is 36.5 Å². The molecule has 120 valence electrons. The smallest absolute Gasteiger partial charge is 0.223 e. The maximum Gasteiger partial charge on any atom is 0.223 e. The van der Waals surface area contributed by atoms with Gasteiger partial charge in [0.25, 0.3) is 0 Å².